The first-order valence-corrected chi connectivity index (χ1v) is 5.37. The number of nitrogens with one attached hydrogen (secondary N) is 1. The van der Waals surface area contributed by atoms with Gasteiger partial charge < -0.3 is 24.6 Å². The highest BCUT2D eigenvalue weighted by Gasteiger charge is 2.12. The summed E-state index contributed by atoms with van der Waals surface area (Å²) in [5, 5.41) is 11.8. The Kier molecular flexibility index (Phi) is 5.59. The molecule has 1 aromatic carbocycles. The van der Waals surface area contributed by atoms with Gasteiger partial charge in [0, 0.05) is 25.2 Å². The molecule has 0 bridgehead atoms. The van der Waals surface area contributed by atoms with Crippen LogP contribution in [0.15, 0.2) is 12.1 Å². The van der Waals surface area contributed by atoms with Crippen molar-refractivity contribution < 1.29 is 19.3 Å². The molecule has 5 nitrogen and oxygen atoms in total. The summed E-state index contributed by atoms with van der Waals surface area (Å²) in [6.45, 7) is 1.19. The van der Waals surface area contributed by atoms with Crippen LogP contribution < -0.4 is 19.5 Å². The van der Waals surface area contributed by atoms with Gasteiger partial charge in [-0.2, -0.15) is 0 Å². The standard InChI is InChI=1S/C12H19NO4/c1-15-9-6-11(16-2)10(8-13-4-5-14)12(7-9)17-3/h6-7,13-14H,4-5,8H2,1-3H3. The Morgan fingerprint density at radius 3 is 2.06 bits per heavy atom. The average Bonchev–Trinajstić information content (AvgIpc) is 2.38. The molecule has 0 unspecified atom stereocenters. The van der Waals surface area contributed by atoms with E-state index in [1.165, 1.54) is 0 Å². The van der Waals surface area contributed by atoms with E-state index in [1.807, 2.05) is 0 Å². The summed E-state index contributed by atoms with van der Waals surface area (Å²) in [6, 6.07) is 3.61. The molecule has 0 heterocycles. The van der Waals surface area contributed by atoms with Gasteiger partial charge >= 0.3 is 0 Å². The molecular formula is C12H19NO4. The Bertz CT molecular complexity index is 329. The van der Waals surface area contributed by atoms with Crippen LogP contribution in [-0.2, 0) is 6.54 Å². The first kappa shape index (κ1) is 13.6. The zero-order valence-electron chi connectivity index (χ0n) is 10.4. The number of hydrogen-bond acceptors (Lipinski definition) is 5. The van der Waals surface area contributed by atoms with Gasteiger partial charge in [0.25, 0.3) is 0 Å². The smallest absolute Gasteiger partial charge is 0.130 e. The van der Waals surface area contributed by atoms with E-state index in [-0.39, 0.29) is 6.61 Å². The molecule has 1 rings (SSSR count). The Morgan fingerprint density at radius 1 is 1.06 bits per heavy atom. The lowest BCUT2D eigenvalue weighted by atomic mass is 10.1. The van der Waals surface area contributed by atoms with Crippen LogP contribution in [0.2, 0.25) is 0 Å². The maximum atomic E-state index is 8.73. The third-order valence-corrected chi connectivity index (χ3v) is 2.41. The van der Waals surface area contributed by atoms with Gasteiger partial charge in [-0.1, -0.05) is 0 Å². The minimum absolute atomic E-state index is 0.0980. The average molecular weight is 241 g/mol. The fourth-order valence-electron chi connectivity index (χ4n) is 1.54. The molecule has 0 aliphatic carbocycles. The molecule has 0 aromatic heterocycles. The topological polar surface area (TPSA) is 60.0 Å². The van der Waals surface area contributed by atoms with E-state index in [4.69, 9.17) is 19.3 Å². The molecule has 5 heteroatoms. The maximum Gasteiger partial charge on any atom is 0.130 e. The predicted octanol–water partition coefficient (Wildman–Crippen LogP) is 0.794. The molecule has 96 valence electrons. The van der Waals surface area contributed by atoms with Crippen LogP contribution in [0, 0.1) is 0 Å². The molecule has 0 aliphatic heterocycles. The minimum Gasteiger partial charge on any atom is -0.496 e. The molecule has 0 aliphatic rings. The third kappa shape index (κ3) is 3.51. The maximum absolute atomic E-state index is 8.73. The number of benzene rings is 1. The van der Waals surface area contributed by atoms with E-state index in [0.717, 1.165) is 5.56 Å². The Balaban J connectivity index is 2.98. The molecule has 0 saturated heterocycles. The number of aliphatic hydroxyl groups is 1. The molecular weight excluding hydrogens is 222 g/mol. The first-order valence-electron chi connectivity index (χ1n) is 5.37. The van der Waals surface area contributed by atoms with E-state index >= 15 is 0 Å². The molecule has 0 spiro atoms. The number of methoxy groups -OCH3 is 3. The highest BCUT2D eigenvalue weighted by atomic mass is 16.5. The number of hydrogen-bond donors (Lipinski definition) is 2. The van der Waals surface area contributed by atoms with Crippen molar-refractivity contribution in [3.63, 3.8) is 0 Å². The van der Waals surface area contributed by atoms with E-state index < -0.39 is 0 Å². The lowest BCUT2D eigenvalue weighted by Crippen LogP contribution is -2.18. The second kappa shape index (κ2) is 6.98. The number of aliphatic hydroxyl groups excluding tert-OH is 1. The summed E-state index contributed by atoms with van der Waals surface area (Å²) in [7, 11) is 4.80. The van der Waals surface area contributed by atoms with Crippen molar-refractivity contribution in [1.82, 2.24) is 5.32 Å². The zero-order valence-corrected chi connectivity index (χ0v) is 10.4. The van der Waals surface area contributed by atoms with E-state index in [2.05, 4.69) is 5.32 Å². The van der Waals surface area contributed by atoms with Gasteiger partial charge in [-0.3, -0.25) is 0 Å². The van der Waals surface area contributed by atoms with Crippen molar-refractivity contribution in [2.24, 2.45) is 0 Å². The quantitative estimate of drug-likeness (QED) is 0.691. The Morgan fingerprint density at radius 2 is 1.65 bits per heavy atom. The number of ether oxygens (including phenoxy) is 3. The zero-order chi connectivity index (χ0) is 12.7. The second-order valence-corrected chi connectivity index (χ2v) is 3.41. The normalized spacial score (nSPS) is 10.1. The molecule has 0 radical (unpaired) electrons. The summed E-state index contributed by atoms with van der Waals surface area (Å²) >= 11 is 0. The lowest BCUT2D eigenvalue weighted by molar-refractivity contribution is 0.290. The summed E-state index contributed by atoms with van der Waals surface area (Å²) in [5.41, 5.74) is 0.907. The highest BCUT2D eigenvalue weighted by molar-refractivity contribution is 5.50. The largest absolute Gasteiger partial charge is 0.496 e. The fraction of sp³-hybridized carbons (Fsp3) is 0.500. The molecule has 0 amide bonds. The van der Waals surface area contributed by atoms with Crippen LogP contribution in [0.25, 0.3) is 0 Å². The van der Waals surface area contributed by atoms with Crippen LogP contribution in [0.1, 0.15) is 5.56 Å². The van der Waals surface area contributed by atoms with Crippen molar-refractivity contribution in [2.45, 2.75) is 6.54 Å². The Hall–Kier alpha value is -1.46. The van der Waals surface area contributed by atoms with Crippen molar-refractivity contribution in [2.75, 3.05) is 34.5 Å². The molecule has 0 saturated carbocycles. The van der Waals surface area contributed by atoms with Gasteiger partial charge in [0.1, 0.15) is 17.2 Å². The van der Waals surface area contributed by atoms with E-state index in [0.29, 0.717) is 30.3 Å². The van der Waals surface area contributed by atoms with Crippen LogP contribution in [0.5, 0.6) is 17.2 Å². The van der Waals surface area contributed by atoms with Gasteiger partial charge in [0.15, 0.2) is 0 Å². The summed E-state index contributed by atoms with van der Waals surface area (Å²) in [4.78, 5) is 0. The number of rotatable bonds is 7. The summed E-state index contributed by atoms with van der Waals surface area (Å²) < 4.78 is 15.8. The first-order chi connectivity index (χ1) is 8.26. The molecule has 1 aromatic rings. The van der Waals surface area contributed by atoms with Gasteiger partial charge in [-0.15, -0.1) is 0 Å². The van der Waals surface area contributed by atoms with Crippen LogP contribution >= 0.6 is 0 Å². The Labute approximate surface area is 101 Å². The van der Waals surface area contributed by atoms with Crippen LogP contribution in [0.3, 0.4) is 0 Å². The van der Waals surface area contributed by atoms with E-state index in [9.17, 15) is 0 Å². The van der Waals surface area contributed by atoms with Crippen molar-refractivity contribution >= 4 is 0 Å². The SMILES string of the molecule is COc1cc(OC)c(CNCCO)c(OC)c1. The monoisotopic (exact) mass is 241 g/mol. The second-order valence-electron chi connectivity index (χ2n) is 3.41. The summed E-state index contributed by atoms with van der Waals surface area (Å²) in [6.07, 6.45) is 0. The van der Waals surface area contributed by atoms with Gasteiger partial charge in [-0.25, -0.2) is 0 Å². The molecule has 0 atom stereocenters. The van der Waals surface area contributed by atoms with E-state index in [1.54, 1.807) is 33.5 Å². The van der Waals surface area contributed by atoms with Crippen molar-refractivity contribution in [3.05, 3.63) is 17.7 Å². The predicted molar refractivity (Wildman–Crippen MR) is 64.9 cm³/mol. The molecule has 17 heavy (non-hydrogen) atoms. The van der Waals surface area contributed by atoms with Crippen molar-refractivity contribution in [1.29, 1.82) is 0 Å². The fourth-order valence-corrected chi connectivity index (χ4v) is 1.54. The van der Waals surface area contributed by atoms with Crippen LogP contribution in [-0.4, -0.2) is 39.6 Å². The van der Waals surface area contributed by atoms with Gasteiger partial charge in [0.05, 0.1) is 33.5 Å². The third-order valence-electron chi connectivity index (χ3n) is 2.41. The summed E-state index contributed by atoms with van der Waals surface area (Å²) in [5.74, 6) is 2.09. The van der Waals surface area contributed by atoms with Gasteiger partial charge in [-0.05, 0) is 0 Å². The highest BCUT2D eigenvalue weighted by Crippen LogP contribution is 2.33. The van der Waals surface area contributed by atoms with Gasteiger partial charge in [0.2, 0.25) is 0 Å². The minimum atomic E-state index is 0.0980. The van der Waals surface area contributed by atoms with Crippen molar-refractivity contribution in [3.8, 4) is 17.2 Å². The molecule has 2 N–H and O–H groups in total. The lowest BCUT2D eigenvalue weighted by Gasteiger charge is -2.15. The molecule has 0 fully saturated rings. The van der Waals surface area contributed by atoms with Crippen LogP contribution in [0.4, 0.5) is 0 Å².